The lowest BCUT2D eigenvalue weighted by Gasteiger charge is -2.41. The molecule has 9 nitrogen and oxygen atoms in total. The van der Waals surface area contributed by atoms with Crippen molar-refractivity contribution in [1.29, 1.82) is 0 Å². The SMILES string of the molecule is CC(CC(=O)O)N(N1CCN(c2ccc(C#Cc3ccc4ccnc(OCc5ccccc5)c4c3)cc2)CC1)S(=O)O. The molecule has 0 bridgehead atoms. The number of pyridine rings is 1. The van der Waals surface area contributed by atoms with E-state index < -0.39 is 23.3 Å². The van der Waals surface area contributed by atoms with E-state index in [1.807, 2.05) is 78.9 Å². The highest BCUT2D eigenvalue weighted by Gasteiger charge is 2.30. The Kier molecular flexibility index (Phi) is 9.46. The van der Waals surface area contributed by atoms with Gasteiger partial charge in [0.05, 0.1) is 6.42 Å². The predicted octanol–water partition coefficient (Wildman–Crippen LogP) is 4.55. The summed E-state index contributed by atoms with van der Waals surface area (Å²) in [5.74, 6) is 6.07. The number of carbonyl (C=O) groups is 1. The predicted molar refractivity (Wildman–Crippen MR) is 163 cm³/mol. The highest BCUT2D eigenvalue weighted by molar-refractivity contribution is 7.76. The highest BCUT2D eigenvalue weighted by Crippen LogP contribution is 2.25. The smallest absolute Gasteiger partial charge is 0.305 e. The maximum absolute atomic E-state index is 11.9. The zero-order valence-electron chi connectivity index (χ0n) is 23.2. The Bertz CT molecular complexity index is 1610. The van der Waals surface area contributed by atoms with E-state index >= 15 is 0 Å². The first-order valence-electron chi connectivity index (χ1n) is 13.7. The molecule has 1 saturated heterocycles. The molecule has 0 spiro atoms. The maximum atomic E-state index is 11.9. The van der Waals surface area contributed by atoms with Gasteiger partial charge in [-0.3, -0.25) is 9.35 Å². The number of hydrazine groups is 1. The molecular formula is C32H32N4O5S. The molecule has 0 radical (unpaired) electrons. The Morgan fingerprint density at radius 2 is 1.69 bits per heavy atom. The maximum Gasteiger partial charge on any atom is 0.305 e. The van der Waals surface area contributed by atoms with Crippen LogP contribution in [0.4, 0.5) is 5.69 Å². The van der Waals surface area contributed by atoms with Crippen LogP contribution in [0.3, 0.4) is 0 Å². The summed E-state index contributed by atoms with van der Waals surface area (Å²) in [5.41, 5.74) is 3.86. The molecule has 2 N–H and O–H groups in total. The van der Waals surface area contributed by atoms with Crippen molar-refractivity contribution in [3.05, 3.63) is 102 Å². The summed E-state index contributed by atoms with van der Waals surface area (Å²) in [6, 6.07) is 25.4. The first-order chi connectivity index (χ1) is 20.4. The van der Waals surface area contributed by atoms with Crippen LogP contribution in [0.1, 0.15) is 30.0 Å². The number of nitrogens with zero attached hydrogens (tertiary/aromatic N) is 4. The van der Waals surface area contributed by atoms with E-state index in [1.165, 1.54) is 4.41 Å². The van der Waals surface area contributed by atoms with Crippen LogP contribution in [-0.2, 0) is 22.7 Å². The van der Waals surface area contributed by atoms with Crippen molar-refractivity contribution in [2.24, 2.45) is 0 Å². The van der Waals surface area contributed by atoms with Gasteiger partial charge in [-0.1, -0.05) is 48.2 Å². The summed E-state index contributed by atoms with van der Waals surface area (Å²) in [6.45, 7) is 4.36. The lowest BCUT2D eigenvalue weighted by molar-refractivity contribution is -0.139. The number of carboxylic acid groups (broad SMARTS) is 1. The Balaban J connectivity index is 1.22. The molecule has 10 heteroatoms. The Hall–Kier alpha value is -4.27. The van der Waals surface area contributed by atoms with Gasteiger partial charge in [0.25, 0.3) is 0 Å². The lowest BCUT2D eigenvalue weighted by atomic mass is 10.1. The van der Waals surface area contributed by atoms with E-state index in [2.05, 4.69) is 21.7 Å². The zero-order valence-corrected chi connectivity index (χ0v) is 24.0. The Morgan fingerprint density at radius 3 is 2.38 bits per heavy atom. The average molecular weight is 585 g/mol. The first kappa shape index (κ1) is 29.2. The number of hydrogen-bond donors (Lipinski definition) is 2. The molecule has 1 aliphatic rings. The van der Waals surface area contributed by atoms with E-state index in [1.54, 1.807) is 18.1 Å². The van der Waals surface area contributed by atoms with Crippen LogP contribution in [-0.4, -0.2) is 66.5 Å². The van der Waals surface area contributed by atoms with Crippen LogP contribution in [0.25, 0.3) is 10.8 Å². The summed E-state index contributed by atoms with van der Waals surface area (Å²) in [5, 5.41) is 12.8. The minimum atomic E-state index is -2.29. The standard InChI is InChI=1S/C32H32N4O5S/c1-24(21-31(37)38)36(42(39)40)35-19-17-34(18-20-35)29-13-10-25(11-14-29)7-8-26-9-12-28-15-16-33-32(30(28)22-26)41-23-27-5-3-2-4-6-27/h2-6,9-16,22,24H,17-21,23H2,1H3,(H,37,38)(H,39,40). The van der Waals surface area contributed by atoms with Crippen molar-refractivity contribution in [2.75, 3.05) is 31.1 Å². The summed E-state index contributed by atoms with van der Waals surface area (Å²) < 4.78 is 28.9. The van der Waals surface area contributed by atoms with Crippen molar-refractivity contribution < 1.29 is 23.4 Å². The topological polar surface area (TPSA) is 106 Å². The number of piperazine rings is 1. The molecule has 1 aromatic heterocycles. The van der Waals surface area contributed by atoms with E-state index in [-0.39, 0.29) is 6.42 Å². The molecule has 1 fully saturated rings. The largest absolute Gasteiger partial charge is 0.481 e. The molecule has 2 atom stereocenters. The van der Waals surface area contributed by atoms with Crippen LogP contribution in [0, 0.1) is 11.8 Å². The number of aliphatic carboxylic acids is 1. The van der Waals surface area contributed by atoms with Crippen molar-refractivity contribution in [3.63, 3.8) is 0 Å². The van der Waals surface area contributed by atoms with Gasteiger partial charge in [-0.05, 0) is 60.3 Å². The molecule has 2 unspecified atom stereocenters. The minimum absolute atomic E-state index is 0.214. The zero-order chi connectivity index (χ0) is 29.5. The number of fused-ring (bicyclic) bond motifs is 1. The lowest BCUT2D eigenvalue weighted by Crippen LogP contribution is -2.57. The number of carboxylic acids is 1. The van der Waals surface area contributed by atoms with Crippen molar-refractivity contribution in [3.8, 4) is 17.7 Å². The minimum Gasteiger partial charge on any atom is -0.481 e. The van der Waals surface area contributed by atoms with Crippen molar-refractivity contribution in [1.82, 2.24) is 14.4 Å². The molecule has 216 valence electrons. The summed E-state index contributed by atoms with van der Waals surface area (Å²) in [4.78, 5) is 17.7. The van der Waals surface area contributed by atoms with E-state index in [0.717, 1.165) is 33.2 Å². The third-order valence-electron chi connectivity index (χ3n) is 7.07. The summed E-state index contributed by atoms with van der Waals surface area (Å²) in [6.07, 6.45) is 1.53. The van der Waals surface area contributed by atoms with Crippen LogP contribution in [0.2, 0.25) is 0 Å². The molecule has 0 amide bonds. The van der Waals surface area contributed by atoms with Gasteiger partial charge in [-0.2, -0.15) is 0 Å². The number of hydrogen-bond acceptors (Lipinski definition) is 6. The third-order valence-corrected chi connectivity index (χ3v) is 7.98. The average Bonchev–Trinajstić information content (AvgIpc) is 2.99. The monoisotopic (exact) mass is 584 g/mol. The van der Waals surface area contributed by atoms with Gasteiger partial charge in [0.2, 0.25) is 17.1 Å². The quantitative estimate of drug-likeness (QED) is 0.218. The fraction of sp³-hybridized carbons (Fsp3) is 0.250. The van der Waals surface area contributed by atoms with Gasteiger partial charge >= 0.3 is 5.97 Å². The fourth-order valence-electron chi connectivity index (χ4n) is 4.97. The van der Waals surface area contributed by atoms with Gasteiger partial charge in [0, 0.05) is 60.6 Å². The molecule has 5 rings (SSSR count). The second-order valence-electron chi connectivity index (χ2n) is 10.0. The second kappa shape index (κ2) is 13.6. The van der Waals surface area contributed by atoms with Gasteiger partial charge in [0.1, 0.15) is 6.61 Å². The normalized spacial score (nSPS) is 15.2. The number of aromatic nitrogens is 1. The molecule has 0 aliphatic carbocycles. The fourth-order valence-corrected chi connectivity index (χ4v) is 5.72. The van der Waals surface area contributed by atoms with E-state index in [9.17, 15) is 13.6 Å². The Labute approximate surface area is 247 Å². The van der Waals surface area contributed by atoms with Crippen molar-refractivity contribution in [2.45, 2.75) is 26.0 Å². The molecular weight excluding hydrogens is 552 g/mol. The number of rotatable bonds is 9. The van der Waals surface area contributed by atoms with E-state index in [4.69, 9.17) is 9.84 Å². The van der Waals surface area contributed by atoms with Crippen LogP contribution in [0.5, 0.6) is 5.88 Å². The van der Waals surface area contributed by atoms with E-state index in [0.29, 0.717) is 38.7 Å². The summed E-state index contributed by atoms with van der Waals surface area (Å²) in [7, 11) is 0. The number of ether oxygens (including phenoxy) is 1. The number of benzene rings is 3. The molecule has 0 saturated carbocycles. The molecule has 42 heavy (non-hydrogen) atoms. The molecule has 3 aromatic carbocycles. The molecule has 1 aliphatic heterocycles. The number of anilines is 1. The third kappa shape index (κ3) is 7.32. The van der Waals surface area contributed by atoms with Gasteiger partial charge in [-0.25, -0.2) is 14.2 Å². The first-order valence-corrected chi connectivity index (χ1v) is 14.7. The van der Waals surface area contributed by atoms with Crippen LogP contribution >= 0.6 is 0 Å². The van der Waals surface area contributed by atoms with Gasteiger partial charge in [-0.15, -0.1) is 4.41 Å². The highest BCUT2D eigenvalue weighted by atomic mass is 32.2. The molecule has 4 aromatic rings. The Morgan fingerprint density at radius 1 is 1.00 bits per heavy atom. The van der Waals surface area contributed by atoms with Crippen molar-refractivity contribution >= 4 is 33.7 Å². The molecule has 2 heterocycles. The van der Waals surface area contributed by atoms with Crippen LogP contribution in [0.15, 0.2) is 85.1 Å². The van der Waals surface area contributed by atoms with Gasteiger partial charge in [0.15, 0.2) is 0 Å². The summed E-state index contributed by atoms with van der Waals surface area (Å²) >= 11 is -2.29. The second-order valence-corrected chi connectivity index (χ2v) is 10.9. The van der Waals surface area contributed by atoms with Crippen LogP contribution < -0.4 is 9.64 Å². The van der Waals surface area contributed by atoms with Gasteiger partial charge < -0.3 is 14.7 Å².